The fourth-order valence-electron chi connectivity index (χ4n) is 3.23. The molecule has 2 heterocycles. The van der Waals surface area contributed by atoms with Crippen LogP contribution in [0.1, 0.15) is 30.3 Å². The quantitative estimate of drug-likeness (QED) is 0.611. The molecule has 1 aliphatic carbocycles. The van der Waals surface area contributed by atoms with Crippen molar-refractivity contribution in [3.8, 4) is 0 Å². The molecule has 3 amide bonds. The standard InChI is InChI=1S/C17H25N5O5S/c1-11(19-16(24)12-3-4-12)17(25)21-5-7-22(8-6-21)28(26,27)13-9-14(15(18)23)20(2)10-13/h9-12H,3-8H2,1-2H3,(H2,18,23)(H,19,24)/t11-/m1/s1. The van der Waals surface area contributed by atoms with Gasteiger partial charge in [0.25, 0.3) is 5.91 Å². The Morgan fingerprint density at radius 2 is 1.79 bits per heavy atom. The van der Waals surface area contributed by atoms with E-state index in [1.54, 1.807) is 18.9 Å². The lowest BCUT2D eigenvalue weighted by Crippen LogP contribution is -2.55. The summed E-state index contributed by atoms with van der Waals surface area (Å²) in [4.78, 5) is 37.2. The first kappa shape index (κ1) is 20.3. The maximum Gasteiger partial charge on any atom is 0.265 e. The summed E-state index contributed by atoms with van der Waals surface area (Å²) in [5.41, 5.74) is 5.35. The number of piperazine rings is 1. The van der Waals surface area contributed by atoms with Crippen LogP contribution in [0.15, 0.2) is 17.2 Å². The van der Waals surface area contributed by atoms with Crippen molar-refractivity contribution in [1.29, 1.82) is 0 Å². The van der Waals surface area contributed by atoms with E-state index < -0.39 is 22.0 Å². The number of sulfonamides is 1. The Morgan fingerprint density at radius 3 is 2.29 bits per heavy atom. The van der Waals surface area contributed by atoms with Crippen LogP contribution in [-0.2, 0) is 26.7 Å². The summed E-state index contributed by atoms with van der Waals surface area (Å²) in [5, 5.41) is 2.72. The Labute approximate surface area is 163 Å². The van der Waals surface area contributed by atoms with Gasteiger partial charge in [0.15, 0.2) is 0 Å². The van der Waals surface area contributed by atoms with Crippen LogP contribution in [0.4, 0.5) is 0 Å². The van der Waals surface area contributed by atoms with E-state index in [0.29, 0.717) is 0 Å². The minimum atomic E-state index is -3.79. The Balaban J connectivity index is 1.61. The van der Waals surface area contributed by atoms with E-state index in [2.05, 4.69) is 5.32 Å². The van der Waals surface area contributed by atoms with E-state index in [1.165, 1.54) is 21.1 Å². The van der Waals surface area contributed by atoms with Gasteiger partial charge >= 0.3 is 0 Å². The molecule has 2 aliphatic rings. The average molecular weight is 411 g/mol. The normalized spacial score (nSPS) is 19.3. The monoisotopic (exact) mass is 411 g/mol. The van der Waals surface area contributed by atoms with Crippen molar-refractivity contribution in [1.82, 2.24) is 19.1 Å². The lowest BCUT2D eigenvalue weighted by molar-refractivity contribution is -0.137. The van der Waals surface area contributed by atoms with Gasteiger partial charge in [-0.15, -0.1) is 0 Å². The highest BCUT2D eigenvalue weighted by molar-refractivity contribution is 7.89. The predicted octanol–water partition coefficient (Wildman–Crippen LogP) is -1.13. The molecule has 28 heavy (non-hydrogen) atoms. The van der Waals surface area contributed by atoms with Gasteiger partial charge in [0, 0.05) is 45.3 Å². The van der Waals surface area contributed by atoms with Crippen LogP contribution in [0.3, 0.4) is 0 Å². The molecule has 1 aromatic heterocycles. The van der Waals surface area contributed by atoms with E-state index in [9.17, 15) is 22.8 Å². The summed E-state index contributed by atoms with van der Waals surface area (Å²) in [5.74, 6) is -1.01. The molecular weight excluding hydrogens is 386 g/mol. The molecule has 1 saturated heterocycles. The number of aromatic nitrogens is 1. The Morgan fingerprint density at radius 1 is 1.18 bits per heavy atom. The highest BCUT2D eigenvalue weighted by Crippen LogP contribution is 2.29. The molecule has 1 aliphatic heterocycles. The number of nitrogens with zero attached hydrogens (tertiary/aromatic N) is 3. The van der Waals surface area contributed by atoms with Crippen LogP contribution in [0, 0.1) is 5.92 Å². The molecule has 1 aromatic rings. The second-order valence-corrected chi connectivity index (χ2v) is 9.21. The summed E-state index contributed by atoms with van der Waals surface area (Å²) in [7, 11) is -2.24. The second-order valence-electron chi connectivity index (χ2n) is 7.27. The second kappa shape index (κ2) is 7.55. The summed E-state index contributed by atoms with van der Waals surface area (Å²) in [6.07, 6.45) is 3.07. The first-order valence-electron chi connectivity index (χ1n) is 9.16. The van der Waals surface area contributed by atoms with Crippen molar-refractivity contribution in [3.63, 3.8) is 0 Å². The number of rotatable bonds is 6. The first-order chi connectivity index (χ1) is 13.1. The highest BCUT2D eigenvalue weighted by atomic mass is 32.2. The number of aryl methyl sites for hydroxylation is 1. The SMILES string of the molecule is C[C@@H](NC(=O)C1CC1)C(=O)N1CCN(S(=O)(=O)c2cc(C(N)=O)n(C)c2)CC1. The molecule has 0 unspecified atom stereocenters. The molecule has 1 saturated carbocycles. The van der Waals surface area contributed by atoms with Gasteiger partial charge in [-0.1, -0.05) is 0 Å². The Kier molecular flexibility index (Phi) is 5.48. The summed E-state index contributed by atoms with van der Waals surface area (Å²) < 4.78 is 28.3. The Bertz CT molecular complexity index is 897. The maximum atomic E-state index is 12.8. The van der Waals surface area contributed by atoms with Gasteiger partial charge < -0.3 is 20.5 Å². The third-order valence-corrected chi connectivity index (χ3v) is 6.96. The molecule has 3 rings (SSSR count). The summed E-state index contributed by atoms with van der Waals surface area (Å²) >= 11 is 0. The minimum Gasteiger partial charge on any atom is -0.364 e. The number of hydrogen-bond donors (Lipinski definition) is 2. The zero-order valence-electron chi connectivity index (χ0n) is 15.9. The van der Waals surface area contributed by atoms with Crippen LogP contribution in [0.5, 0.6) is 0 Å². The zero-order valence-corrected chi connectivity index (χ0v) is 16.7. The van der Waals surface area contributed by atoms with Crippen molar-refractivity contribution in [2.75, 3.05) is 26.2 Å². The third kappa shape index (κ3) is 4.04. The van der Waals surface area contributed by atoms with Crippen molar-refractivity contribution in [2.24, 2.45) is 18.7 Å². The highest BCUT2D eigenvalue weighted by Gasteiger charge is 2.35. The lowest BCUT2D eigenvalue weighted by atomic mass is 10.2. The summed E-state index contributed by atoms with van der Waals surface area (Å²) in [6, 6.07) is 0.619. The average Bonchev–Trinajstić information content (AvgIpc) is 3.42. The van der Waals surface area contributed by atoms with Crippen LogP contribution in [0.2, 0.25) is 0 Å². The molecule has 1 atom stereocenters. The number of carbonyl (C=O) groups excluding carboxylic acids is 3. The largest absolute Gasteiger partial charge is 0.364 e. The Hall–Kier alpha value is -2.40. The van der Waals surface area contributed by atoms with Crippen molar-refractivity contribution in [3.05, 3.63) is 18.0 Å². The minimum absolute atomic E-state index is 0.00589. The molecule has 11 heteroatoms. The smallest absolute Gasteiger partial charge is 0.265 e. The molecule has 0 radical (unpaired) electrons. The van der Waals surface area contributed by atoms with Gasteiger partial charge in [-0.05, 0) is 25.8 Å². The van der Waals surface area contributed by atoms with E-state index >= 15 is 0 Å². The summed E-state index contributed by atoms with van der Waals surface area (Å²) in [6.45, 7) is 2.38. The first-order valence-corrected chi connectivity index (χ1v) is 10.6. The fraction of sp³-hybridized carbons (Fsp3) is 0.588. The zero-order chi connectivity index (χ0) is 20.6. The van der Waals surface area contributed by atoms with Gasteiger partial charge in [0.05, 0.1) is 0 Å². The number of carbonyl (C=O) groups is 3. The molecule has 2 fully saturated rings. The van der Waals surface area contributed by atoms with Gasteiger partial charge in [0.2, 0.25) is 21.8 Å². The molecule has 154 valence electrons. The number of nitrogens with two attached hydrogens (primary N) is 1. The number of hydrogen-bond acceptors (Lipinski definition) is 5. The van der Waals surface area contributed by atoms with Crippen LogP contribution in [0.25, 0.3) is 0 Å². The van der Waals surface area contributed by atoms with E-state index in [-0.39, 0.29) is 54.5 Å². The third-order valence-electron chi connectivity index (χ3n) is 5.10. The van der Waals surface area contributed by atoms with E-state index in [4.69, 9.17) is 5.73 Å². The van der Waals surface area contributed by atoms with Gasteiger partial charge in [-0.3, -0.25) is 14.4 Å². The lowest BCUT2D eigenvalue weighted by Gasteiger charge is -2.35. The number of nitrogens with one attached hydrogen (secondary N) is 1. The van der Waals surface area contributed by atoms with Crippen molar-refractivity contribution >= 4 is 27.7 Å². The molecular formula is C17H25N5O5S. The van der Waals surface area contributed by atoms with Crippen LogP contribution < -0.4 is 11.1 Å². The van der Waals surface area contributed by atoms with Crippen molar-refractivity contribution < 1.29 is 22.8 Å². The van der Waals surface area contributed by atoms with Gasteiger partial charge in [-0.2, -0.15) is 4.31 Å². The maximum absolute atomic E-state index is 12.8. The molecule has 10 nitrogen and oxygen atoms in total. The van der Waals surface area contributed by atoms with Crippen LogP contribution >= 0.6 is 0 Å². The fourth-order valence-corrected chi connectivity index (χ4v) is 4.72. The molecule has 0 bridgehead atoms. The topological polar surface area (TPSA) is 135 Å². The molecule has 0 spiro atoms. The van der Waals surface area contributed by atoms with E-state index in [0.717, 1.165) is 12.8 Å². The number of amides is 3. The van der Waals surface area contributed by atoms with E-state index in [1.807, 2.05) is 0 Å². The van der Waals surface area contributed by atoms with Gasteiger partial charge in [0.1, 0.15) is 16.6 Å². The van der Waals surface area contributed by atoms with Crippen molar-refractivity contribution in [2.45, 2.75) is 30.7 Å². The predicted molar refractivity (Wildman–Crippen MR) is 99.6 cm³/mol. The molecule has 3 N–H and O–H groups in total. The number of primary amides is 1. The van der Waals surface area contributed by atoms with Gasteiger partial charge in [-0.25, -0.2) is 8.42 Å². The van der Waals surface area contributed by atoms with Crippen LogP contribution in [-0.4, -0.2) is 72.1 Å². The molecule has 0 aromatic carbocycles.